The lowest BCUT2D eigenvalue weighted by Gasteiger charge is -2.19. The van der Waals surface area contributed by atoms with E-state index in [1.165, 1.54) is 10.4 Å². The average Bonchev–Trinajstić information content (AvgIpc) is 3.11. The molecule has 1 aliphatic heterocycles. The molecule has 1 aliphatic rings. The molecule has 8 heteroatoms. The maximum Gasteiger partial charge on any atom is 0.246 e. The van der Waals surface area contributed by atoms with Crippen LogP contribution in [0.15, 0.2) is 23.1 Å². The zero-order chi connectivity index (χ0) is 19.3. The summed E-state index contributed by atoms with van der Waals surface area (Å²) in [5.41, 5.74) is 6.30. The summed E-state index contributed by atoms with van der Waals surface area (Å²) in [5.74, 6) is 0.262. The standard InChI is InChI=1S/C18H29N3O4S/c1-4-25-16-8-7-14(20-18(22)15(19)11-13(2)3)12-17(16)26(23,24)21-9-5-6-10-21/h7-8,12-13,15H,4-6,9-11,19H2,1-3H3,(H,20,22)/t15-/m0/s1. The number of carbonyl (C=O) groups excluding carboxylic acids is 1. The van der Waals surface area contributed by atoms with Gasteiger partial charge in [-0.25, -0.2) is 8.42 Å². The Hall–Kier alpha value is -1.64. The van der Waals surface area contributed by atoms with Crippen molar-refractivity contribution in [3.8, 4) is 5.75 Å². The summed E-state index contributed by atoms with van der Waals surface area (Å²) in [5, 5.41) is 2.72. The predicted octanol–water partition coefficient (Wildman–Crippen LogP) is 2.18. The summed E-state index contributed by atoms with van der Waals surface area (Å²) >= 11 is 0. The first kappa shape index (κ1) is 20.7. The van der Waals surface area contributed by atoms with E-state index in [0.29, 0.717) is 43.5 Å². The Kier molecular flexibility index (Phi) is 7.02. The highest BCUT2D eigenvalue weighted by Crippen LogP contribution is 2.31. The maximum atomic E-state index is 13.0. The number of benzene rings is 1. The van der Waals surface area contributed by atoms with E-state index in [2.05, 4.69) is 5.32 Å². The van der Waals surface area contributed by atoms with Gasteiger partial charge in [0.2, 0.25) is 15.9 Å². The molecule has 7 nitrogen and oxygen atoms in total. The van der Waals surface area contributed by atoms with Crippen LogP contribution < -0.4 is 15.8 Å². The topological polar surface area (TPSA) is 102 Å². The maximum absolute atomic E-state index is 13.0. The number of sulfonamides is 1. The Morgan fingerprint density at radius 1 is 1.31 bits per heavy atom. The predicted molar refractivity (Wildman–Crippen MR) is 102 cm³/mol. The van der Waals surface area contributed by atoms with Crippen LogP contribution in [0.4, 0.5) is 5.69 Å². The van der Waals surface area contributed by atoms with Gasteiger partial charge >= 0.3 is 0 Å². The van der Waals surface area contributed by atoms with Crippen molar-refractivity contribution >= 4 is 21.6 Å². The van der Waals surface area contributed by atoms with Gasteiger partial charge in [0.05, 0.1) is 12.6 Å². The molecule has 3 N–H and O–H groups in total. The quantitative estimate of drug-likeness (QED) is 0.716. The molecule has 1 heterocycles. The van der Waals surface area contributed by atoms with Crippen molar-refractivity contribution in [2.75, 3.05) is 25.0 Å². The smallest absolute Gasteiger partial charge is 0.246 e. The number of nitrogens with zero attached hydrogens (tertiary/aromatic N) is 1. The second-order valence-electron chi connectivity index (χ2n) is 6.93. The number of anilines is 1. The third kappa shape index (κ3) is 4.96. The van der Waals surface area contributed by atoms with Crippen molar-refractivity contribution in [2.45, 2.75) is 51.0 Å². The van der Waals surface area contributed by atoms with Gasteiger partial charge in [-0.15, -0.1) is 0 Å². The molecule has 0 spiro atoms. The molecule has 1 atom stereocenters. The number of hydrogen-bond donors (Lipinski definition) is 2. The molecule has 0 aliphatic carbocycles. The Morgan fingerprint density at radius 2 is 1.96 bits per heavy atom. The minimum Gasteiger partial charge on any atom is -0.492 e. The van der Waals surface area contributed by atoms with Gasteiger partial charge in [0.25, 0.3) is 0 Å². The van der Waals surface area contributed by atoms with E-state index in [1.807, 2.05) is 13.8 Å². The van der Waals surface area contributed by atoms with Crippen molar-refractivity contribution in [2.24, 2.45) is 11.7 Å². The molecule has 146 valence electrons. The van der Waals surface area contributed by atoms with Crippen LogP contribution in [0.5, 0.6) is 5.75 Å². The monoisotopic (exact) mass is 383 g/mol. The highest BCUT2D eigenvalue weighted by molar-refractivity contribution is 7.89. The first-order valence-electron chi connectivity index (χ1n) is 9.09. The Labute approximate surface area is 155 Å². The molecule has 1 aromatic rings. The van der Waals surface area contributed by atoms with Crippen LogP contribution >= 0.6 is 0 Å². The normalized spacial score (nSPS) is 16.7. The summed E-state index contributed by atoms with van der Waals surface area (Å²) in [7, 11) is -3.66. The third-order valence-electron chi connectivity index (χ3n) is 4.26. The van der Waals surface area contributed by atoms with Gasteiger partial charge in [-0.1, -0.05) is 13.8 Å². The fourth-order valence-corrected chi connectivity index (χ4v) is 4.65. The number of nitrogens with two attached hydrogens (primary N) is 1. The van der Waals surface area contributed by atoms with Gasteiger partial charge < -0.3 is 15.8 Å². The van der Waals surface area contributed by atoms with Crippen LogP contribution in [0.1, 0.15) is 40.0 Å². The second-order valence-corrected chi connectivity index (χ2v) is 8.84. The molecule has 1 fully saturated rings. The van der Waals surface area contributed by atoms with E-state index in [9.17, 15) is 13.2 Å². The molecular weight excluding hydrogens is 354 g/mol. The molecule has 0 unspecified atom stereocenters. The van der Waals surface area contributed by atoms with Gasteiger partial charge in [0.15, 0.2) is 0 Å². The van der Waals surface area contributed by atoms with E-state index in [1.54, 1.807) is 19.1 Å². The van der Waals surface area contributed by atoms with Crippen LogP contribution in [0.25, 0.3) is 0 Å². The second kappa shape index (κ2) is 8.83. The molecule has 0 radical (unpaired) electrons. The molecule has 26 heavy (non-hydrogen) atoms. The minimum atomic E-state index is -3.66. The summed E-state index contributed by atoms with van der Waals surface area (Å²) in [6, 6.07) is 4.03. The van der Waals surface area contributed by atoms with Crippen LogP contribution in [0, 0.1) is 5.92 Å². The molecular formula is C18H29N3O4S. The van der Waals surface area contributed by atoms with Gasteiger partial charge in [0.1, 0.15) is 10.6 Å². The lowest BCUT2D eigenvalue weighted by molar-refractivity contribution is -0.117. The fraction of sp³-hybridized carbons (Fsp3) is 0.611. The Bertz CT molecular complexity index is 728. The number of carbonyl (C=O) groups is 1. The third-order valence-corrected chi connectivity index (χ3v) is 6.18. The van der Waals surface area contributed by atoms with Crippen LogP contribution in [-0.4, -0.2) is 44.4 Å². The van der Waals surface area contributed by atoms with Gasteiger partial charge in [0, 0.05) is 18.8 Å². The summed E-state index contributed by atoms with van der Waals surface area (Å²) in [4.78, 5) is 12.3. The molecule has 0 saturated carbocycles. The van der Waals surface area contributed by atoms with E-state index >= 15 is 0 Å². The van der Waals surface area contributed by atoms with Crippen molar-refractivity contribution in [1.29, 1.82) is 0 Å². The first-order chi connectivity index (χ1) is 12.3. The number of hydrogen-bond acceptors (Lipinski definition) is 5. The van der Waals surface area contributed by atoms with Gasteiger partial charge in [-0.05, 0) is 50.3 Å². The lowest BCUT2D eigenvalue weighted by Crippen LogP contribution is -2.36. The SMILES string of the molecule is CCOc1ccc(NC(=O)[C@@H](N)CC(C)C)cc1S(=O)(=O)N1CCCC1. The Balaban J connectivity index is 2.29. The summed E-state index contributed by atoms with van der Waals surface area (Å²) in [6.07, 6.45) is 2.26. The average molecular weight is 384 g/mol. The fourth-order valence-electron chi connectivity index (χ4n) is 2.98. The highest BCUT2D eigenvalue weighted by Gasteiger charge is 2.30. The van der Waals surface area contributed by atoms with Crippen LogP contribution in [0.2, 0.25) is 0 Å². The minimum absolute atomic E-state index is 0.0801. The van der Waals surface area contributed by atoms with Crippen molar-refractivity contribution in [3.05, 3.63) is 18.2 Å². The largest absolute Gasteiger partial charge is 0.492 e. The van der Waals surface area contributed by atoms with E-state index in [4.69, 9.17) is 10.5 Å². The van der Waals surface area contributed by atoms with Crippen molar-refractivity contribution in [3.63, 3.8) is 0 Å². The van der Waals surface area contributed by atoms with Crippen LogP contribution in [0.3, 0.4) is 0 Å². The molecule has 2 rings (SSSR count). The molecule has 0 aromatic heterocycles. The summed E-state index contributed by atoms with van der Waals surface area (Å²) in [6.45, 7) is 7.14. The zero-order valence-corrected chi connectivity index (χ0v) is 16.5. The number of amides is 1. The summed E-state index contributed by atoms with van der Waals surface area (Å²) < 4.78 is 32.9. The van der Waals surface area contributed by atoms with Gasteiger partial charge in [-0.3, -0.25) is 4.79 Å². The number of nitrogens with one attached hydrogen (secondary N) is 1. The van der Waals surface area contributed by atoms with Crippen molar-refractivity contribution in [1.82, 2.24) is 4.31 Å². The van der Waals surface area contributed by atoms with Crippen molar-refractivity contribution < 1.29 is 17.9 Å². The van der Waals surface area contributed by atoms with Gasteiger partial charge in [-0.2, -0.15) is 4.31 Å². The lowest BCUT2D eigenvalue weighted by atomic mass is 10.0. The number of rotatable bonds is 8. The highest BCUT2D eigenvalue weighted by atomic mass is 32.2. The first-order valence-corrected chi connectivity index (χ1v) is 10.5. The van der Waals surface area contributed by atoms with E-state index in [-0.39, 0.29) is 10.8 Å². The Morgan fingerprint density at radius 3 is 2.54 bits per heavy atom. The van der Waals surface area contributed by atoms with E-state index < -0.39 is 16.1 Å². The zero-order valence-electron chi connectivity index (χ0n) is 15.7. The molecule has 1 amide bonds. The van der Waals surface area contributed by atoms with E-state index in [0.717, 1.165) is 12.8 Å². The molecule has 1 saturated heterocycles. The molecule has 1 aromatic carbocycles. The number of ether oxygens (including phenoxy) is 1. The van der Waals surface area contributed by atoms with Crippen LogP contribution in [-0.2, 0) is 14.8 Å². The molecule has 0 bridgehead atoms.